The molecule has 0 aliphatic carbocycles. The van der Waals surface area contributed by atoms with Crippen LogP contribution in [-0.2, 0) is 57.0 Å². The van der Waals surface area contributed by atoms with Crippen molar-refractivity contribution >= 4 is 11.9 Å². The first-order valence-corrected chi connectivity index (χ1v) is 11.2. The summed E-state index contributed by atoms with van der Waals surface area (Å²) >= 11 is 0. The summed E-state index contributed by atoms with van der Waals surface area (Å²) in [5.41, 5.74) is 0. The molecular weight excluding hydrogens is 456 g/mol. The number of hydrogen-bond donors (Lipinski definition) is 0. The third-order valence-electron chi connectivity index (χ3n) is 3.65. The van der Waals surface area contributed by atoms with Crippen LogP contribution in [0, 0.1) is 0 Å². The van der Waals surface area contributed by atoms with Crippen LogP contribution in [0.5, 0.6) is 0 Å². The molecule has 0 aromatic carbocycles. The SMILES string of the molecule is COCCOCCOCCOCCOC(=O)/C=C\C(=O)OCCOCCOCCOCCOC. The van der Waals surface area contributed by atoms with E-state index < -0.39 is 11.9 Å². The van der Waals surface area contributed by atoms with Crippen molar-refractivity contribution in [1.29, 1.82) is 0 Å². The number of hydrogen-bond acceptors (Lipinski definition) is 12. The average molecular weight is 497 g/mol. The molecule has 12 nitrogen and oxygen atoms in total. The molecule has 0 bridgehead atoms. The van der Waals surface area contributed by atoms with Crippen molar-refractivity contribution in [2.45, 2.75) is 0 Å². The Labute approximate surface area is 201 Å². The maximum Gasteiger partial charge on any atom is 0.331 e. The van der Waals surface area contributed by atoms with Crippen LogP contribution in [0.25, 0.3) is 0 Å². The summed E-state index contributed by atoms with van der Waals surface area (Å²) in [5.74, 6) is -1.32. The lowest BCUT2D eigenvalue weighted by molar-refractivity contribution is -0.142. The molecule has 0 aromatic rings. The van der Waals surface area contributed by atoms with Gasteiger partial charge in [-0.15, -0.1) is 0 Å². The minimum atomic E-state index is -0.662. The lowest BCUT2D eigenvalue weighted by Crippen LogP contribution is -2.14. The van der Waals surface area contributed by atoms with Crippen LogP contribution in [-0.4, -0.2) is 132 Å². The van der Waals surface area contributed by atoms with Crippen molar-refractivity contribution in [2.24, 2.45) is 0 Å². The molecule has 34 heavy (non-hydrogen) atoms. The third-order valence-corrected chi connectivity index (χ3v) is 3.65. The number of ether oxygens (including phenoxy) is 10. The Morgan fingerprint density at radius 3 is 0.912 bits per heavy atom. The Hall–Kier alpha value is -1.64. The zero-order valence-corrected chi connectivity index (χ0v) is 20.4. The maximum absolute atomic E-state index is 11.5. The Bertz CT molecular complexity index is 445. The van der Waals surface area contributed by atoms with Gasteiger partial charge in [-0.2, -0.15) is 0 Å². The van der Waals surface area contributed by atoms with E-state index in [1.54, 1.807) is 14.2 Å². The highest BCUT2D eigenvalue weighted by Gasteiger charge is 2.02. The van der Waals surface area contributed by atoms with Crippen LogP contribution in [0.2, 0.25) is 0 Å². The van der Waals surface area contributed by atoms with Crippen molar-refractivity contribution < 1.29 is 57.0 Å². The number of methoxy groups -OCH3 is 2. The molecular formula is C22H40O12. The molecule has 0 radical (unpaired) electrons. The molecule has 0 saturated carbocycles. The van der Waals surface area contributed by atoms with E-state index in [-0.39, 0.29) is 26.4 Å². The fraction of sp³-hybridized carbons (Fsp3) is 0.818. The summed E-state index contributed by atoms with van der Waals surface area (Å²) in [5, 5.41) is 0. The van der Waals surface area contributed by atoms with Crippen molar-refractivity contribution in [3.8, 4) is 0 Å². The van der Waals surface area contributed by atoms with Crippen LogP contribution in [0.4, 0.5) is 0 Å². The topological polar surface area (TPSA) is 126 Å². The molecule has 0 rings (SSSR count). The first-order chi connectivity index (χ1) is 16.7. The van der Waals surface area contributed by atoms with Crippen LogP contribution >= 0.6 is 0 Å². The van der Waals surface area contributed by atoms with Gasteiger partial charge >= 0.3 is 11.9 Å². The first-order valence-electron chi connectivity index (χ1n) is 11.2. The molecule has 0 aromatic heterocycles. The molecule has 200 valence electrons. The molecule has 0 aliphatic rings. The van der Waals surface area contributed by atoms with E-state index in [2.05, 4.69) is 0 Å². The van der Waals surface area contributed by atoms with Gasteiger partial charge in [-0.05, 0) is 0 Å². The monoisotopic (exact) mass is 496 g/mol. The fourth-order valence-corrected chi connectivity index (χ4v) is 2.00. The summed E-state index contributed by atoms with van der Waals surface area (Å²) in [7, 11) is 3.23. The zero-order chi connectivity index (χ0) is 25.0. The maximum atomic E-state index is 11.5. The van der Waals surface area contributed by atoms with Gasteiger partial charge in [0.05, 0.1) is 92.5 Å². The van der Waals surface area contributed by atoms with Crippen LogP contribution < -0.4 is 0 Å². The second-order valence-corrected chi connectivity index (χ2v) is 6.33. The van der Waals surface area contributed by atoms with Gasteiger partial charge in [-0.3, -0.25) is 0 Å². The number of carbonyl (C=O) groups is 2. The minimum absolute atomic E-state index is 0.0630. The molecule has 0 unspecified atom stereocenters. The average Bonchev–Trinajstić information content (AvgIpc) is 2.84. The van der Waals surface area contributed by atoms with Gasteiger partial charge < -0.3 is 47.4 Å². The van der Waals surface area contributed by atoms with E-state index >= 15 is 0 Å². The van der Waals surface area contributed by atoms with Crippen molar-refractivity contribution in [3.63, 3.8) is 0 Å². The lowest BCUT2D eigenvalue weighted by Gasteiger charge is -2.07. The summed E-state index contributed by atoms with van der Waals surface area (Å²) < 4.78 is 51.2. The van der Waals surface area contributed by atoms with Gasteiger partial charge in [0.25, 0.3) is 0 Å². The highest BCUT2D eigenvalue weighted by Crippen LogP contribution is 1.89. The van der Waals surface area contributed by atoms with E-state index in [1.165, 1.54) is 0 Å². The quantitative estimate of drug-likeness (QED) is 0.0910. The molecule has 0 saturated heterocycles. The summed E-state index contributed by atoms with van der Waals surface area (Å²) in [6.45, 7) is 6.22. The lowest BCUT2D eigenvalue weighted by atomic mass is 10.5. The summed E-state index contributed by atoms with van der Waals surface area (Å²) in [4.78, 5) is 23.1. The number of carbonyl (C=O) groups excluding carboxylic acids is 2. The molecule has 0 atom stereocenters. The largest absolute Gasteiger partial charge is 0.460 e. The van der Waals surface area contributed by atoms with E-state index in [0.717, 1.165) is 12.2 Å². The van der Waals surface area contributed by atoms with Crippen molar-refractivity contribution in [2.75, 3.05) is 120 Å². The van der Waals surface area contributed by atoms with Gasteiger partial charge in [0, 0.05) is 26.4 Å². The van der Waals surface area contributed by atoms with E-state index in [0.29, 0.717) is 79.3 Å². The Kier molecular flexibility index (Phi) is 26.3. The van der Waals surface area contributed by atoms with Gasteiger partial charge in [-0.25, -0.2) is 9.59 Å². The molecule has 0 aliphatic heterocycles. The van der Waals surface area contributed by atoms with Crippen LogP contribution in [0.1, 0.15) is 0 Å². The number of esters is 2. The standard InChI is InChI=1S/C22H40O12/c1-25-5-7-27-9-11-29-13-15-31-17-19-33-21(23)3-4-22(24)34-20-18-32-16-14-30-12-10-28-8-6-26-2/h3-4H,5-20H2,1-2H3/b4-3-. The highest BCUT2D eigenvalue weighted by molar-refractivity contribution is 5.91. The second-order valence-electron chi connectivity index (χ2n) is 6.33. The Morgan fingerprint density at radius 2 is 0.647 bits per heavy atom. The molecule has 0 spiro atoms. The van der Waals surface area contributed by atoms with E-state index in [4.69, 9.17) is 47.4 Å². The van der Waals surface area contributed by atoms with E-state index in [1.807, 2.05) is 0 Å². The smallest absolute Gasteiger partial charge is 0.331 e. The van der Waals surface area contributed by atoms with Gasteiger partial charge in [-0.1, -0.05) is 0 Å². The van der Waals surface area contributed by atoms with Crippen molar-refractivity contribution in [3.05, 3.63) is 12.2 Å². The third kappa shape index (κ3) is 26.6. The van der Waals surface area contributed by atoms with E-state index in [9.17, 15) is 9.59 Å². The fourth-order valence-electron chi connectivity index (χ4n) is 2.00. The molecule has 0 heterocycles. The second kappa shape index (κ2) is 27.6. The molecule has 12 heteroatoms. The normalized spacial score (nSPS) is 11.2. The van der Waals surface area contributed by atoms with Gasteiger partial charge in [0.2, 0.25) is 0 Å². The number of rotatable bonds is 26. The highest BCUT2D eigenvalue weighted by atomic mass is 16.6. The molecule has 0 fully saturated rings. The molecule has 0 amide bonds. The Morgan fingerprint density at radius 1 is 0.412 bits per heavy atom. The predicted molar refractivity (Wildman–Crippen MR) is 120 cm³/mol. The molecule has 0 N–H and O–H groups in total. The van der Waals surface area contributed by atoms with Gasteiger partial charge in [0.1, 0.15) is 13.2 Å². The summed E-state index contributed by atoms with van der Waals surface area (Å²) in [6, 6.07) is 0. The first kappa shape index (κ1) is 32.4. The van der Waals surface area contributed by atoms with Gasteiger partial charge in [0.15, 0.2) is 0 Å². The Balaban J connectivity index is 3.38. The van der Waals surface area contributed by atoms with Crippen LogP contribution in [0.3, 0.4) is 0 Å². The zero-order valence-electron chi connectivity index (χ0n) is 20.4. The summed E-state index contributed by atoms with van der Waals surface area (Å²) in [6.07, 6.45) is 2.00. The predicted octanol–water partition coefficient (Wildman–Crippen LogP) is 0.0214. The van der Waals surface area contributed by atoms with Crippen LogP contribution in [0.15, 0.2) is 12.2 Å². The minimum Gasteiger partial charge on any atom is -0.460 e. The van der Waals surface area contributed by atoms with Crippen molar-refractivity contribution in [1.82, 2.24) is 0 Å².